The summed E-state index contributed by atoms with van der Waals surface area (Å²) >= 11 is 4.62. The molecule has 12 heteroatoms. The fourth-order valence-electron chi connectivity index (χ4n) is 5.00. The van der Waals surface area contributed by atoms with Gasteiger partial charge in [-0.25, -0.2) is 9.79 Å². The number of ether oxygens (including phenoxy) is 5. The van der Waals surface area contributed by atoms with Gasteiger partial charge in [-0.05, 0) is 64.3 Å². The highest BCUT2D eigenvalue weighted by molar-refractivity contribution is 9.10. The van der Waals surface area contributed by atoms with E-state index in [1.165, 1.54) is 44.2 Å². The summed E-state index contributed by atoms with van der Waals surface area (Å²) in [5.41, 5.74) is 2.14. The molecule has 1 atom stereocenters. The summed E-state index contributed by atoms with van der Waals surface area (Å²) in [6.07, 6.45) is 1.69. The Morgan fingerprint density at radius 1 is 0.978 bits per heavy atom. The van der Waals surface area contributed by atoms with Crippen LogP contribution in [0.25, 0.3) is 11.8 Å². The predicted octanol–water partition coefficient (Wildman–Crippen LogP) is 4.65. The van der Waals surface area contributed by atoms with Crippen LogP contribution in [0.2, 0.25) is 0 Å². The van der Waals surface area contributed by atoms with E-state index in [-0.39, 0.29) is 23.5 Å². The minimum Gasteiger partial charge on any atom is -0.493 e. The van der Waals surface area contributed by atoms with E-state index >= 15 is 0 Å². The van der Waals surface area contributed by atoms with Crippen LogP contribution in [-0.2, 0) is 14.3 Å². The van der Waals surface area contributed by atoms with E-state index < -0.39 is 18.0 Å². The Bertz CT molecular complexity index is 2000. The highest BCUT2D eigenvalue weighted by atomic mass is 79.9. The van der Waals surface area contributed by atoms with Gasteiger partial charge in [-0.3, -0.25) is 14.2 Å². The molecule has 0 aliphatic carbocycles. The fraction of sp³-hybridized carbons (Fsp3) is 0.212. The van der Waals surface area contributed by atoms with Crippen molar-refractivity contribution in [3.8, 4) is 23.0 Å². The molecule has 0 unspecified atom stereocenters. The molecule has 0 radical (unpaired) electrons. The Hall–Kier alpha value is -4.68. The highest BCUT2D eigenvalue weighted by Crippen LogP contribution is 2.39. The van der Waals surface area contributed by atoms with Crippen LogP contribution >= 0.6 is 27.3 Å². The van der Waals surface area contributed by atoms with Gasteiger partial charge in [0, 0.05) is 12.5 Å². The molecule has 1 aromatic heterocycles. The molecule has 0 bridgehead atoms. The number of halogens is 1. The number of fused-ring (bicyclic) bond motifs is 1. The maximum atomic E-state index is 14.2. The molecule has 0 saturated carbocycles. The monoisotopic (exact) mass is 692 g/mol. The number of esters is 2. The minimum absolute atomic E-state index is 0.132. The summed E-state index contributed by atoms with van der Waals surface area (Å²) in [5, 5.41) is 0. The summed E-state index contributed by atoms with van der Waals surface area (Å²) in [5.74, 6) is 0.362. The number of carbonyl (C=O) groups is 2. The topological polar surface area (TPSA) is 115 Å². The van der Waals surface area contributed by atoms with Crippen molar-refractivity contribution in [1.29, 1.82) is 0 Å². The van der Waals surface area contributed by atoms with Crippen molar-refractivity contribution in [2.45, 2.75) is 19.9 Å². The number of hydrogen-bond acceptors (Lipinski definition) is 10. The summed E-state index contributed by atoms with van der Waals surface area (Å²) in [4.78, 5) is 44.8. The van der Waals surface area contributed by atoms with Crippen LogP contribution < -0.4 is 33.8 Å². The molecule has 0 spiro atoms. The van der Waals surface area contributed by atoms with E-state index in [4.69, 9.17) is 28.7 Å². The molecule has 232 valence electrons. The van der Waals surface area contributed by atoms with Gasteiger partial charge >= 0.3 is 11.9 Å². The van der Waals surface area contributed by atoms with E-state index in [9.17, 15) is 14.4 Å². The zero-order chi connectivity index (χ0) is 32.2. The number of carbonyl (C=O) groups excluding carboxylic acids is 2. The van der Waals surface area contributed by atoms with Gasteiger partial charge in [0.1, 0.15) is 0 Å². The van der Waals surface area contributed by atoms with Crippen molar-refractivity contribution >= 4 is 51.0 Å². The summed E-state index contributed by atoms with van der Waals surface area (Å²) in [7, 11) is 4.51. The maximum Gasteiger partial charge on any atom is 0.338 e. The molecule has 45 heavy (non-hydrogen) atoms. The van der Waals surface area contributed by atoms with Crippen molar-refractivity contribution in [1.82, 2.24) is 4.57 Å². The first-order valence-corrected chi connectivity index (χ1v) is 15.4. The second kappa shape index (κ2) is 13.5. The number of aromatic nitrogens is 1. The SMILES string of the molecule is CCOC(=O)C1=C(c2ccccc2)N=c2s/c(=C\c3cc(Br)c(OC(C)=O)c(OC)c3)c(=O)n2[C@@H]1c1ccc(OC)c(OC)c1. The van der Waals surface area contributed by atoms with Crippen molar-refractivity contribution in [3.63, 3.8) is 0 Å². The van der Waals surface area contributed by atoms with Crippen molar-refractivity contribution in [2.24, 2.45) is 4.99 Å². The van der Waals surface area contributed by atoms with Gasteiger partial charge in [0.15, 0.2) is 27.8 Å². The van der Waals surface area contributed by atoms with Crippen LogP contribution in [0.4, 0.5) is 0 Å². The second-order valence-electron chi connectivity index (χ2n) is 9.67. The summed E-state index contributed by atoms with van der Waals surface area (Å²) in [6, 6.07) is 17.0. The lowest BCUT2D eigenvalue weighted by molar-refractivity contribution is -0.139. The average Bonchev–Trinajstić information content (AvgIpc) is 3.35. The van der Waals surface area contributed by atoms with E-state index in [1.807, 2.05) is 30.3 Å². The Labute approximate surface area is 270 Å². The van der Waals surface area contributed by atoms with Gasteiger partial charge in [-0.15, -0.1) is 0 Å². The normalized spacial score (nSPS) is 14.4. The first-order chi connectivity index (χ1) is 21.7. The third-order valence-corrected chi connectivity index (χ3v) is 8.46. The standard InChI is InChI=1S/C33H29BrN2O8S/c1-6-43-32(39)27-28(20-10-8-7-9-11-20)35-33-36(29(27)21-12-13-23(40-3)24(17-21)41-4)31(38)26(45-33)16-19-14-22(34)30(44-18(2)37)25(15-19)42-5/h7-17,29H,6H2,1-5H3/b26-16-/t29-/m1/s1. The molecule has 1 aliphatic rings. The van der Waals surface area contributed by atoms with Crippen LogP contribution in [0.15, 0.2) is 80.5 Å². The van der Waals surface area contributed by atoms with E-state index in [2.05, 4.69) is 15.9 Å². The molecule has 0 N–H and O–H groups in total. The first kappa shape index (κ1) is 31.7. The molecule has 2 heterocycles. The molecule has 1 aliphatic heterocycles. The molecule has 3 aromatic carbocycles. The van der Waals surface area contributed by atoms with Crippen molar-refractivity contribution in [2.75, 3.05) is 27.9 Å². The average molecular weight is 694 g/mol. The lowest BCUT2D eigenvalue weighted by atomic mass is 9.93. The zero-order valence-electron chi connectivity index (χ0n) is 25.1. The molecule has 0 saturated heterocycles. The zero-order valence-corrected chi connectivity index (χ0v) is 27.5. The highest BCUT2D eigenvalue weighted by Gasteiger charge is 2.35. The molecular weight excluding hydrogens is 664 g/mol. The maximum absolute atomic E-state index is 14.2. The van der Waals surface area contributed by atoms with Crippen LogP contribution in [0, 0.1) is 0 Å². The van der Waals surface area contributed by atoms with Crippen LogP contribution in [-0.4, -0.2) is 44.4 Å². The Morgan fingerprint density at radius 3 is 2.33 bits per heavy atom. The number of benzene rings is 3. The van der Waals surface area contributed by atoms with Gasteiger partial charge in [0.25, 0.3) is 5.56 Å². The third-order valence-electron chi connectivity index (χ3n) is 6.89. The molecular formula is C33H29BrN2O8S. The number of nitrogens with zero attached hydrogens (tertiary/aromatic N) is 2. The lowest BCUT2D eigenvalue weighted by Crippen LogP contribution is -2.40. The quantitative estimate of drug-likeness (QED) is 0.184. The van der Waals surface area contributed by atoms with Crippen molar-refractivity contribution < 1.29 is 33.3 Å². The molecule has 5 rings (SSSR count). The van der Waals surface area contributed by atoms with Crippen LogP contribution in [0.5, 0.6) is 23.0 Å². The summed E-state index contributed by atoms with van der Waals surface area (Å²) in [6.45, 7) is 3.15. The largest absolute Gasteiger partial charge is 0.493 e. The van der Waals surface area contributed by atoms with Crippen LogP contribution in [0.1, 0.15) is 36.6 Å². The van der Waals surface area contributed by atoms with E-state index in [1.54, 1.807) is 43.3 Å². The second-order valence-corrected chi connectivity index (χ2v) is 11.5. The number of hydrogen-bond donors (Lipinski definition) is 0. The van der Waals surface area contributed by atoms with Crippen molar-refractivity contribution in [3.05, 3.63) is 107 Å². The number of methoxy groups -OCH3 is 3. The van der Waals surface area contributed by atoms with Crippen LogP contribution in [0.3, 0.4) is 0 Å². The van der Waals surface area contributed by atoms with Gasteiger partial charge in [-0.1, -0.05) is 47.7 Å². The molecule has 10 nitrogen and oxygen atoms in total. The molecule has 0 amide bonds. The minimum atomic E-state index is -0.898. The predicted molar refractivity (Wildman–Crippen MR) is 173 cm³/mol. The Kier molecular flexibility index (Phi) is 9.54. The Morgan fingerprint density at radius 2 is 1.69 bits per heavy atom. The first-order valence-electron chi connectivity index (χ1n) is 13.8. The third kappa shape index (κ3) is 6.29. The number of rotatable bonds is 9. The van der Waals surface area contributed by atoms with Gasteiger partial charge in [0.05, 0.1) is 54.3 Å². The molecule has 0 fully saturated rings. The lowest BCUT2D eigenvalue weighted by Gasteiger charge is -2.26. The van der Waals surface area contributed by atoms with E-state index in [0.29, 0.717) is 53.4 Å². The van der Waals surface area contributed by atoms with E-state index in [0.717, 1.165) is 0 Å². The number of thiazole rings is 1. The Balaban J connectivity index is 1.81. The smallest absolute Gasteiger partial charge is 0.338 e. The van der Waals surface area contributed by atoms with Gasteiger partial charge < -0.3 is 23.7 Å². The van der Waals surface area contributed by atoms with Gasteiger partial charge in [0.2, 0.25) is 0 Å². The summed E-state index contributed by atoms with van der Waals surface area (Å²) < 4.78 is 29.6. The fourth-order valence-corrected chi connectivity index (χ4v) is 6.54. The molecule has 4 aromatic rings. The van der Waals surface area contributed by atoms with Gasteiger partial charge in [-0.2, -0.15) is 0 Å².